The first-order valence-corrected chi connectivity index (χ1v) is 10.4. The zero-order valence-corrected chi connectivity index (χ0v) is 18.8. The van der Waals surface area contributed by atoms with E-state index < -0.39 is 0 Å². The van der Waals surface area contributed by atoms with Crippen LogP contribution in [0.2, 0.25) is 0 Å². The highest BCUT2D eigenvalue weighted by molar-refractivity contribution is 5.85. The van der Waals surface area contributed by atoms with Gasteiger partial charge in [0.1, 0.15) is 5.82 Å². The second kappa shape index (κ2) is 12.6. The highest BCUT2D eigenvalue weighted by Gasteiger charge is 2.02. The van der Waals surface area contributed by atoms with Crippen molar-refractivity contribution in [2.45, 2.75) is 54.9 Å². The number of fused-ring (bicyclic) bond motifs is 2. The molecule has 0 aliphatic rings. The van der Waals surface area contributed by atoms with Gasteiger partial charge in [-0.25, -0.2) is 4.39 Å². The van der Waals surface area contributed by atoms with E-state index in [-0.39, 0.29) is 5.82 Å². The molecule has 0 spiro atoms. The third-order valence-corrected chi connectivity index (χ3v) is 4.38. The molecule has 0 fully saturated rings. The van der Waals surface area contributed by atoms with Crippen molar-refractivity contribution in [3.8, 4) is 0 Å². The van der Waals surface area contributed by atoms with Crippen molar-refractivity contribution in [3.63, 3.8) is 0 Å². The summed E-state index contributed by atoms with van der Waals surface area (Å²) in [6, 6.07) is 14.0. The first kappa shape index (κ1) is 24.2. The Hall–Kier alpha value is -2.81. The number of benzene rings is 2. The second-order valence-corrected chi connectivity index (χ2v) is 6.10. The van der Waals surface area contributed by atoms with Crippen LogP contribution >= 0.6 is 0 Å². The van der Waals surface area contributed by atoms with E-state index in [9.17, 15) is 4.39 Å². The van der Waals surface area contributed by atoms with E-state index in [1.165, 1.54) is 16.3 Å². The number of nitrogens with zero attached hydrogens (tertiary/aromatic N) is 2. The lowest BCUT2D eigenvalue weighted by atomic mass is 10.1. The minimum absolute atomic E-state index is 0.144. The first-order chi connectivity index (χ1) is 14.1. The lowest BCUT2D eigenvalue weighted by Gasteiger charge is -2.02. The molecule has 2 heterocycles. The van der Waals surface area contributed by atoms with Gasteiger partial charge in [0.25, 0.3) is 0 Å². The summed E-state index contributed by atoms with van der Waals surface area (Å²) in [6.45, 7) is 14.0. The standard InChI is InChI=1S/C12H13N.C10H8FN.2C2H6/c1-3-10-4-5-12-9(2)13-7-6-11(12)8-10;1-7-2-3-8-6-12-5-4-9(8)10(7)11;2*1-2/h4-8H,3H2,1-2H3;2-6H,1H3;2*1-2H3. The summed E-state index contributed by atoms with van der Waals surface area (Å²) in [6.07, 6.45) is 6.23. The van der Waals surface area contributed by atoms with Crippen LogP contribution in [0.4, 0.5) is 4.39 Å². The van der Waals surface area contributed by atoms with Crippen molar-refractivity contribution in [3.05, 3.63) is 83.7 Å². The van der Waals surface area contributed by atoms with E-state index in [2.05, 4.69) is 41.2 Å². The van der Waals surface area contributed by atoms with Gasteiger partial charge in [0.15, 0.2) is 0 Å². The van der Waals surface area contributed by atoms with Crippen LogP contribution in [0, 0.1) is 19.7 Å². The minimum Gasteiger partial charge on any atom is -0.264 e. The Bertz CT molecular complexity index is 1030. The molecule has 2 aromatic heterocycles. The fraction of sp³-hybridized carbons (Fsp3) is 0.308. The maximum absolute atomic E-state index is 13.4. The van der Waals surface area contributed by atoms with Crippen LogP contribution in [-0.2, 0) is 6.42 Å². The number of aryl methyl sites for hydroxylation is 3. The van der Waals surface area contributed by atoms with E-state index in [1.54, 1.807) is 31.5 Å². The molecular formula is C26H33FN2. The van der Waals surface area contributed by atoms with Gasteiger partial charge in [-0.2, -0.15) is 0 Å². The Morgan fingerprint density at radius 1 is 0.793 bits per heavy atom. The molecule has 2 nitrogen and oxygen atoms in total. The van der Waals surface area contributed by atoms with Crippen molar-refractivity contribution in [2.75, 3.05) is 0 Å². The number of hydrogen-bond acceptors (Lipinski definition) is 2. The maximum Gasteiger partial charge on any atom is 0.134 e. The lowest BCUT2D eigenvalue weighted by Crippen LogP contribution is -1.85. The van der Waals surface area contributed by atoms with E-state index in [1.807, 2.05) is 46.9 Å². The number of rotatable bonds is 1. The molecule has 4 aromatic rings. The summed E-state index contributed by atoms with van der Waals surface area (Å²) in [5.41, 5.74) is 3.17. The predicted molar refractivity (Wildman–Crippen MR) is 125 cm³/mol. The van der Waals surface area contributed by atoms with Gasteiger partial charge in [-0.3, -0.25) is 9.97 Å². The van der Waals surface area contributed by atoms with Crippen molar-refractivity contribution in [2.24, 2.45) is 0 Å². The summed E-state index contributed by atoms with van der Waals surface area (Å²) in [4.78, 5) is 8.18. The monoisotopic (exact) mass is 392 g/mol. The van der Waals surface area contributed by atoms with Crippen LogP contribution in [-0.4, -0.2) is 9.97 Å². The van der Waals surface area contributed by atoms with Crippen LogP contribution in [0.5, 0.6) is 0 Å². The van der Waals surface area contributed by atoms with Crippen LogP contribution in [0.15, 0.2) is 61.1 Å². The van der Waals surface area contributed by atoms with Gasteiger partial charge in [0, 0.05) is 40.4 Å². The average molecular weight is 393 g/mol. The Morgan fingerprint density at radius 2 is 1.52 bits per heavy atom. The molecule has 0 aliphatic heterocycles. The largest absolute Gasteiger partial charge is 0.264 e. The van der Waals surface area contributed by atoms with E-state index >= 15 is 0 Å². The predicted octanol–water partition coefficient (Wildman–Crippen LogP) is 7.84. The zero-order valence-electron chi connectivity index (χ0n) is 18.8. The van der Waals surface area contributed by atoms with Crippen LogP contribution < -0.4 is 0 Å². The van der Waals surface area contributed by atoms with Crippen molar-refractivity contribution >= 4 is 21.5 Å². The highest BCUT2D eigenvalue weighted by atomic mass is 19.1. The van der Waals surface area contributed by atoms with E-state index in [4.69, 9.17) is 0 Å². The number of halogens is 1. The fourth-order valence-electron chi connectivity index (χ4n) is 2.84. The summed E-state index contributed by atoms with van der Waals surface area (Å²) >= 11 is 0. The maximum atomic E-state index is 13.4. The molecule has 0 radical (unpaired) electrons. The molecule has 0 aliphatic carbocycles. The molecule has 0 unspecified atom stereocenters. The first-order valence-electron chi connectivity index (χ1n) is 10.4. The molecule has 154 valence electrons. The smallest absolute Gasteiger partial charge is 0.134 e. The third kappa shape index (κ3) is 6.35. The minimum atomic E-state index is -0.144. The molecule has 3 heteroatoms. The molecular weight excluding hydrogens is 359 g/mol. The van der Waals surface area contributed by atoms with Gasteiger partial charge in [-0.1, -0.05) is 65.0 Å². The van der Waals surface area contributed by atoms with Crippen molar-refractivity contribution in [1.82, 2.24) is 9.97 Å². The molecule has 4 rings (SSSR count). The van der Waals surface area contributed by atoms with E-state index in [0.29, 0.717) is 10.9 Å². The second-order valence-electron chi connectivity index (χ2n) is 6.10. The molecule has 2 aromatic carbocycles. The van der Waals surface area contributed by atoms with Gasteiger partial charge in [-0.15, -0.1) is 0 Å². The quantitative estimate of drug-likeness (QED) is 0.330. The Labute approximate surface area is 174 Å². The summed E-state index contributed by atoms with van der Waals surface area (Å²) in [7, 11) is 0. The van der Waals surface area contributed by atoms with Crippen LogP contribution in [0.1, 0.15) is 51.4 Å². The van der Waals surface area contributed by atoms with Gasteiger partial charge < -0.3 is 0 Å². The molecule has 0 atom stereocenters. The van der Waals surface area contributed by atoms with Gasteiger partial charge in [0.2, 0.25) is 0 Å². The molecule has 0 saturated heterocycles. The lowest BCUT2D eigenvalue weighted by molar-refractivity contribution is 0.630. The summed E-state index contributed by atoms with van der Waals surface area (Å²) in [5.74, 6) is -0.144. The van der Waals surface area contributed by atoms with Gasteiger partial charge >= 0.3 is 0 Å². The topological polar surface area (TPSA) is 25.8 Å². The average Bonchev–Trinajstić information content (AvgIpc) is 2.79. The summed E-state index contributed by atoms with van der Waals surface area (Å²) < 4.78 is 13.4. The van der Waals surface area contributed by atoms with Gasteiger partial charge in [-0.05, 0) is 48.9 Å². The Balaban J connectivity index is 0.000000248. The SMILES string of the molecule is CC.CC.CCc1ccc2c(C)nccc2c1.Cc1ccc2cnccc2c1F. The van der Waals surface area contributed by atoms with E-state index in [0.717, 1.165) is 17.5 Å². The zero-order chi connectivity index (χ0) is 21.8. The number of hydrogen-bond donors (Lipinski definition) is 0. The Morgan fingerprint density at radius 3 is 2.21 bits per heavy atom. The normalized spacial score (nSPS) is 9.52. The molecule has 0 amide bonds. The third-order valence-electron chi connectivity index (χ3n) is 4.38. The van der Waals surface area contributed by atoms with Gasteiger partial charge in [0.05, 0.1) is 0 Å². The molecule has 0 bridgehead atoms. The molecule has 0 N–H and O–H groups in total. The number of aromatic nitrogens is 2. The summed E-state index contributed by atoms with van der Waals surface area (Å²) in [5, 5.41) is 4.05. The molecule has 29 heavy (non-hydrogen) atoms. The van der Waals surface area contributed by atoms with Crippen LogP contribution in [0.25, 0.3) is 21.5 Å². The van der Waals surface area contributed by atoms with Crippen molar-refractivity contribution < 1.29 is 4.39 Å². The van der Waals surface area contributed by atoms with Crippen molar-refractivity contribution in [1.29, 1.82) is 0 Å². The molecule has 0 saturated carbocycles. The Kier molecular flexibility index (Phi) is 10.5. The fourth-order valence-corrected chi connectivity index (χ4v) is 2.84. The van der Waals surface area contributed by atoms with Crippen LogP contribution in [0.3, 0.4) is 0 Å². The highest BCUT2D eigenvalue weighted by Crippen LogP contribution is 2.19. The number of pyridine rings is 2.